The Morgan fingerprint density at radius 3 is 2.57 bits per heavy atom. The number of amides is 1. The number of nitrogens with zero attached hydrogens (tertiary/aromatic N) is 1. The number of nitrogens with one attached hydrogen (secondary N) is 2. The summed E-state index contributed by atoms with van der Waals surface area (Å²) in [5.41, 5.74) is 1.80. The predicted octanol–water partition coefficient (Wildman–Crippen LogP) is 2.77. The van der Waals surface area contributed by atoms with Crippen LogP contribution in [0.2, 0.25) is 0 Å². The summed E-state index contributed by atoms with van der Waals surface area (Å²) in [6, 6.07) is 10.5. The second kappa shape index (κ2) is 7.35. The first-order valence-electron chi connectivity index (χ1n) is 6.96. The fourth-order valence-corrected chi connectivity index (χ4v) is 2.05. The largest absolute Gasteiger partial charge is 0.376 e. The van der Waals surface area contributed by atoms with Crippen LogP contribution in [0.25, 0.3) is 0 Å². The summed E-state index contributed by atoms with van der Waals surface area (Å²) >= 11 is 0. The summed E-state index contributed by atoms with van der Waals surface area (Å²) in [5, 5.41) is 16.4. The van der Waals surface area contributed by atoms with Gasteiger partial charge in [-0.1, -0.05) is 18.2 Å². The molecule has 7 heteroatoms. The highest BCUT2D eigenvalue weighted by Gasteiger charge is 2.13. The number of hydrogen-bond acceptors (Lipinski definition) is 4. The van der Waals surface area contributed by atoms with Crippen molar-refractivity contribution in [1.82, 2.24) is 5.32 Å². The minimum Gasteiger partial charge on any atom is -0.376 e. The molecule has 120 valence electrons. The van der Waals surface area contributed by atoms with Gasteiger partial charge in [-0.25, -0.2) is 4.39 Å². The highest BCUT2D eigenvalue weighted by molar-refractivity contribution is 5.81. The molecule has 1 amide bonds. The van der Waals surface area contributed by atoms with Crippen LogP contribution in [0.15, 0.2) is 42.5 Å². The monoisotopic (exact) mass is 317 g/mol. The maximum absolute atomic E-state index is 12.8. The van der Waals surface area contributed by atoms with E-state index < -0.39 is 4.92 Å². The molecule has 0 fully saturated rings. The minimum absolute atomic E-state index is 0.00159. The van der Waals surface area contributed by atoms with Gasteiger partial charge in [0.15, 0.2) is 0 Å². The van der Waals surface area contributed by atoms with Crippen molar-refractivity contribution >= 4 is 17.3 Å². The fourth-order valence-electron chi connectivity index (χ4n) is 2.05. The Hall–Kier alpha value is -2.96. The molecule has 0 aliphatic rings. The zero-order chi connectivity index (χ0) is 16.8. The van der Waals surface area contributed by atoms with Crippen LogP contribution in [0, 0.1) is 22.9 Å². The van der Waals surface area contributed by atoms with E-state index in [1.807, 2.05) is 0 Å². The molecule has 0 aliphatic carbocycles. The third-order valence-electron chi connectivity index (χ3n) is 3.34. The van der Waals surface area contributed by atoms with Gasteiger partial charge in [-0.05, 0) is 30.7 Å². The van der Waals surface area contributed by atoms with Crippen molar-refractivity contribution in [2.24, 2.45) is 0 Å². The molecule has 2 aromatic rings. The molecule has 0 atom stereocenters. The molecule has 0 spiro atoms. The van der Waals surface area contributed by atoms with Gasteiger partial charge < -0.3 is 10.6 Å². The first kappa shape index (κ1) is 16.4. The van der Waals surface area contributed by atoms with Crippen LogP contribution in [-0.2, 0) is 11.3 Å². The van der Waals surface area contributed by atoms with E-state index in [1.54, 1.807) is 31.2 Å². The molecule has 0 unspecified atom stereocenters. The zero-order valence-corrected chi connectivity index (χ0v) is 12.5. The van der Waals surface area contributed by atoms with Crippen molar-refractivity contribution in [3.05, 3.63) is 69.5 Å². The van der Waals surface area contributed by atoms with Crippen molar-refractivity contribution in [1.29, 1.82) is 0 Å². The quantitative estimate of drug-likeness (QED) is 0.634. The van der Waals surface area contributed by atoms with Gasteiger partial charge in [0.1, 0.15) is 5.82 Å². The van der Waals surface area contributed by atoms with Gasteiger partial charge in [0.05, 0.1) is 11.5 Å². The molecular weight excluding hydrogens is 301 g/mol. The first-order chi connectivity index (χ1) is 11.0. The number of rotatable bonds is 6. The van der Waals surface area contributed by atoms with Crippen LogP contribution in [-0.4, -0.2) is 17.4 Å². The number of halogens is 1. The Kier molecular flexibility index (Phi) is 5.24. The van der Waals surface area contributed by atoms with Gasteiger partial charge in [-0.2, -0.15) is 0 Å². The molecule has 2 aromatic carbocycles. The maximum Gasteiger partial charge on any atom is 0.274 e. The number of carbonyl (C=O) groups excluding carboxylic acids is 1. The van der Waals surface area contributed by atoms with Crippen molar-refractivity contribution < 1.29 is 14.1 Å². The van der Waals surface area contributed by atoms with Crippen LogP contribution < -0.4 is 10.6 Å². The lowest BCUT2D eigenvalue weighted by Crippen LogP contribution is -2.29. The highest BCUT2D eigenvalue weighted by atomic mass is 19.1. The first-order valence-corrected chi connectivity index (χ1v) is 6.96. The molecule has 0 aliphatic heterocycles. The van der Waals surface area contributed by atoms with E-state index in [9.17, 15) is 19.3 Å². The van der Waals surface area contributed by atoms with Crippen molar-refractivity contribution in [2.75, 3.05) is 11.9 Å². The molecule has 2 rings (SSSR count). The van der Waals surface area contributed by atoms with Gasteiger partial charge in [0.25, 0.3) is 5.69 Å². The molecule has 0 bridgehead atoms. The van der Waals surface area contributed by atoms with Gasteiger partial charge in [-0.15, -0.1) is 0 Å². The third kappa shape index (κ3) is 4.50. The fraction of sp³-hybridized carbons (Fsp3) is 0.188. The molecule has 0 saturated heterocycles. The van der Waals surface area contributed by atoms with E-state index in [4.69, 9.17) is 0 Å². The molecule has 2 N–H and O–H groups in total. The van der Waals surface area contributed by atoms with E-state index in [0.29, 0.717) is 11.3 Å². The number of benzene rings is 2. The summed E-state index contributed by atoms with van der Waals surface area (Å²) in [4.78, 5) is 22.2. The lowest BCUT2D eigenvalue weighted by Gasteiger charge is -2.10. The Morgan fingerprint density at radius 2 is 1.91 bits per heavy atom. The number of anilines is 1. The van der Waals surface area contributed by atoms with Crippen LogP contribution in [0.4, 0.5) is 15.8 Å². The van der Waals surface area contributed by atoms with E-state index in [1.165, 1.54) is 18.2 Å². The highest BCUT2D eigenvalue weighted by Crippen LogP contribution is 2.24. The van der Waals surface area contributed by atoms with Gasteiger partial charge in [0.2, 0.25) is 5.91 Å². The second-order valence-electron chi connectivity index (χ2n) is 4.96. The summed E-state index contributed by atoms with van der Waals surface area (Å²) in [6.45, 7) is 1.90. The number of carbonyl (C=O) groups is 1. The molecule has 0 aromatic heterocycles. The molecular formula is C16H16FN3O3. The maximum atomic E-state index is 12.8. The number of nitro benzene ring substituents is 1. The van der Waals surface area contributed by atoms with Crippen molar-refractivity contribution in [3.63, 3.8) is 0 Å². The van der Waals surface area contributed by atoms with E-state index >= 15 is 0 Å². The summed E-state index contributed by atoms with van der Waals surface area (Å²) < 4.78 is 12.8. The molecule has 6 nitrogen and oxygen atoms in total. The van der Waals surface area contributed by atoms with E-state index in [0.717, 1.165) is 5.56 Å². The van der Waals surface area contributed by atoms with Gasteiger partial charge in [-0.3, -0.25) is 14.9 Å². The topological polar surface area (TPSA) is 84.3 Å². The summed E-state index contributed by atoms with van der Waals surface area (Å²) in [7, 11) is 0. The molecule has 0 heterocycles. The predicted molar refractivity (Wildman–Crippen MR) is 84.6 cm³/mol. The smallest absolute Gasteiger partial charge is 0.274 e. The van der Waals surface area contributed by atoms with E-state index in [-0.39, 0.29) is 30.5 Å². The molecule has 23 heavy (non-hydrogen) atoms. The van der Waals surface area contributed by atoms with Crippen LogP contribution in [0.3, 0.4) is 0 Å². The Labute approximate surface area is 132 Å². The number of hydrogen-bond donors (Lipinski definition) is 2. The van der Waals surface area contributed by atoms with Crippen LogP contribution >= 0.6 is 0 Å². The lowest BCUT2D eigenvalue weighted by atomic mass is 10.1. The minimum atomic E-state index is -0.463. The Balaban J connectivity index is 1.88. The Bertz CT molecular complexity index is 717. The van der Waals surface area contributed by atoms with Gasteiger partial charge >= 0.3 is 0 Å². The molecule has 0 saturated carbocycles. The molecule has 0 radical (unpaired) electrons. The average Bonchev–Trinajstić information content (AvgIpc) is 2.53. The zero-order valence-electron chi connectivity index (χ0n) is 12.5. The summed E-state index contributed by atoms with van der Waals surface area (Å²) in [5.74, 6) is -0.594. The summed E-state index contributed by atoms with van der Waals surface area (Å²) in [6.07, 6.45) is 0. The van der Waals surface area contributed by atoms with Gasteiger partial charge in [0, 0.05) is 23.9 Å². The van der Waals surface area contributed by atoms with E-state index in [2.05, 4.69) is 10.6 Å². The standard InChI is InChI=1S/C16H16FN3O3/c1-11-14(3-2-4-15(11)20(22)23)18-10-16(21)19-9-12-5-7-13(17)8-6-12/h2-8,18H,9-10H2,1H3,(H,19,21). The lowest BCUT2D eigenvalue weighted by molar-refractivity contribution is -0.385. The van der Waals surface area contributed by atoms with Crippen molar-refractivity contribution in [3.8, 4) is 0 Å². The second-order valence-corrected chi connectivity index (χ2v) is 4.96. The van der Waals surface area contributed by atoms with Crippen molar-refractivity contribution in [2.45, 2.75) is 13.5 Å². The normalized spacial score (nSPS) is 10.2. The van der Waals surface area contributed by atoms with Crippen LogP contribution in [0.5, 0.6) is 0 Å². The Morgan fingerprint density at radius 1 is 1.22 bits per heavy atom. The SMILES string of the molecule is Cc1c(NCC(=O)NCc2ccc(F)cc2)cccc1[N+](=O)[O-]. The average molecular weight is 317 g/mol. The number of nitro groups is 1. The van der Waals surface area contributed by atoms with Crippen LogP contribution in [0.1, 0.15) is 11.1 Å². The third-order valence-corrected chi connectivity index (χ3v) is 3.34.